The van der Waals surface area contributed by atoms with Crippen LogP contribution in [0.15, 0.2) is 54.6 Å². The van der Waals surface area contributed by atoms with Gasteiger partial charge in [-0.1, -0.05) is 49.0 Å². The molecule has 2 aromatic rings. The molecule has 0 saturated heterocycles. The fraction of sp³-hybridized carbons (Fsp3) is 0.333. The number of ether oxygens (including phenoxy) is 1. The van der Waals surface area contributed by atoms with Crippen molar-refractivity contribution in [1.82, 2.24) is 0 Å². The minimum absolute atomic E-state index is 0.0122. The van der Waals surface area contributed by atoms with Crippen LogP contribution in [0.5, 0.6) is 5.75 Å². The molecule has 0 aliphatic heterocycles. The molecule has 0 aliphatic carbocycles. The average Bonchev–Trinajstić information content (AvgIpc) is 2.68. The third-order valence-electron chi connectivity index (χ3n) is 4.10. The standard InChI is InChI=1S/C21H24N2O2S/c1-3-26-21(24)14-17(16-7-5-4-6-8-16)13-19(15-22)23-18-9-11-20(25-2)12-10-18/h4-12,17,19,23H,3,13-14H2,1-2H3. The Hall–Kier alpha value is -2.45. The van der Waals surface area contributed by atoms with Crippen molar-refractivity contribution in [2.45, 2.75) is 31.7 Å². The first-order valence-electron chi connectivity index (χ1n) is 8.67. The predicted octanol–water partition coefficient (Wildman–Crippen LogP) is 4.84. The summed E-state index contributed by atoms with van der Waals surface area (Å²) >= 11 is 1.34. The lowest BCUT2D eigenvalue weighted by Crippen LogP contribution is -2.21. The first kappa shape index (κ1) is 19.9. The highest BCUT2D eigenvalue weighted by atomic mass is 32.2. The third-order valence-corrected chi connectivity index (χ3v) is 4.87. The summed E-state index contributed by atoms with van der Waals surface area (Å²) in [6.07, 6.45) is 1.01. The summed E-state index contributed by atoms with van der Waals surface area (Å²) in [6, 6.07) is 19.4. The highest BCUT2D eigenvalue weighted by Crippen LogP contribution is 2.28. The third kappa shape index (κ3) is 6.12. The Morgan fingerprint density at radius 2 is 1.88 bits per heavy atom. The zero-order chi connectivity index (χ0) is 18.8. The van der Waals surface area contributed by atoms with E-state index in [1.54, 1.807) is 7.11 Å². The Labute approximate surface area is 159 Å². The molecular formula is C21H24N2O2S. The van der Waals surface area contributed by atoms with E-state index in [1.165, 1.54) is 11.8 Å². The molecule has 4 nitrogen and oxygen atoms in total. The summed E-state index contributed by atoms with van der Waals surface area (Å²) in [5, 5.41) is 13.0. The van der Waals surface area contributed by atoms with Crippen molar-refractivity contribution >= 4 is 22.6 Å². The zero-order valence-electron chi connectivity index (χ0n) is 15.1. The number of benzene rings is 2. The maximum atomic E-state index is 12.2. The first-order valence-corrected chi connectivity index (χ1v) is 9.65. The number of thioether (sulfide) groups is 1. The molecule has 0 fully saturated rings. The smallest absolute Gasteiger partial charge is 0.189 e. The molecule has 0 spiro atoms. The van der Waals surface area contributed by atoms with Crippen molar-refractivity contribution in [3.8, 4) is 11.8 Å². The van der Waals surface area contributed by atoms with Crippen LogP contribution in [-0.2, 0) is 4.79 Å². The number of methoxy groups -OCH3 is 1. The van der Waals surface area contributed by atoms with Gasteiger partial charge in [-0.15, -0.1) is 0 Å². The van der Waals surface area contributed by atoms with E-state index in [-0.39, 0.29) is 17.1 Å². The van der Waals surface area contributed by atoms with Crippen LogP contribution in [0, 0.1) is 11.3 Å². The van der Waals surface area contributed by atoms with Gasteiger partial charge in [0.05, 0.1) is 13.2 Å². The van der Waals surface area contributed by atoms with Crippen LogP contribution in [0.3, 0.4) is 0 Å². The molecule has 5 heteroatoms. The molecule has 2 rings (SSSR count). The van der Waals surface area contributed by atoms with Crippen LogP contribution in [0.2, 0.25) is 0 Å². The van der Waals surface area contributed by atoms with Crippen LogP contribution in [0.1, 0.15) is 31.2 Å². The van der Waals surface area contributed by atoms with Gasteiger partial charge in [-0.2, -0.15) is 5.26 Å². The molecule has 0 amide bonds. The normalized spacial score (nSPS) is 12.7. The number of hydrogen-bond acceptors (Lipinski definition) is 5. The highest BCUT2D eigenvalue weighted by molar-refractivity contribution is 8.13. The van der Waals surface area contributed by atoms with E-state index in [4.69, 9.17) is 4.74 Å². The Kier molecular flexibility index (Phi) is 8.04. The molecule has 0 aromatic heterocycles. The summed E-state index contributed by atoms with van der Waals surface area (Å²) in [6.45, 7) is 1.98. The molecule has 26 heavy (non-hydrogen) atoms. The molecule has 0 heterocycles. The van der Waals surface area contributed by atoms with Crippen LogP contribution < -0.4 is 10.1 Å². The molecule has 2 aromatic carbocycles. The number of nitriles is 1. The lowest BCUT2D eigenvalue weighted by molar-refractivity contribution is -0.111. The Bertz CT molecular complexity index is 726. The zero-order valence-corrected chi connectivity index (χ0v) is 16.0. The van der Waals surface area contributed by atoms with Gasteiger partial charge in [0.15, 0.2) is 5.12 Å². The van der Waals surface area contributed by atoms with E-state index in [0.717, 1.165) is 22.8 Å². The summed E-state index contributed by atoms with van der Waals surface area (Å²) < 4.78 is 5.16. The summed E-state index contributed by atoms with van der Waals surface area (Å²) in [7, 11) is 1.62. The van der Waals surface area contributed by atoms with Crippen molar-refractivity contribution in [3.05, 3.63) is 60.2 Å². The largest absolute Gasteiger partial charge is 0.497 e. The fourth-order valence-corrected chi connectivity index (χ4v) is 3.44. The van der Waals surface area contributed by atoms with Gasteiger partial charge >= 0.3 is 0 Å². The van der Waals surface area contributed by atoms with Gasteiger partial charge < -0.3 is 10.1 Å². The number of rotatable bonds is 9. The van der Waals surface area contributed by atoms with Gasteiger partial charge in [0, 0.05) is 12.1 Å². The molecule has 0 bridgehead atoms. The second-order valence-corrected chi connectivity index (χ2v) is 7.23. The van der Waals surface area contributed by atoms with E-state index in [0.29, 0.717) is 12.8 Å². The Morgan fingerprint density at radius 3 is 2.46 bits per heavy atom. The molecule has 1 N–H and O–H groups in total. The van der Waals surface area contributed by atoms with Crippen LogP contribution in [0.4, 0.5) is 5.69 Å². The lowest BCUT2D eigenvalue weighted by Gasteiger charge is -2.21. The topological polar surface area (TPSA) is 62.1 Å². The monoisotopic (exact) mass is 368 g/mol. The maximum Gasteiger partial charge on any atom is 0.189 e. The summed E-state index contributed by atoms with van der Waals surface area (Å²) in [5.74, 6) is 1.55. The SMILES string of the molecule is CCSC(=O)CC(CC(C#N)Nc1ccc(OC)cc1)c1ccccc1. The van der Waals surface area contributed by atoms with Gasteiger partial charge in [0.1, 0.15) is 11.8 Å². The molecule has 0 aliphatic rings. The minimum atomic E-state index is -0.381. The molecule has 136 valence electrons. The number of carbonyl (C=O) groups excluding carboxylic acids is 1. The summed E-state index contributed by atoms with van der Waals surface area (Å²) in [5.41, 5.74) is 1.95. The Morgan fingerprint density at radius 1 is 1.19 bits per heavy atom. The lowest BCUT2D eigenvalue weighted by atomic mass is 9.90. The van der Waals surface area contributed by atoms with E-state index >= 15 is 0 Å². The van der Waals surface area contributed by atoms with E-state index in [2.05, 4.69) is 11.4 Å². The molecule has 0 radical (unpaired) electrons. The van der Waals surface area contributed by atoms with E-state index in [1.807, 2.05) is 61.5 Å². The maximum absolute atomic E-state index is 12.2. The molecule has 2 atom stereocenters. The van der Waals surface area contributed by atoms with Gasteiger partial charge in [0.25, 0.3) is 0 Å². The van der Waals surface area contributed by atoms with Crippen molar-refractivity contribution in [2.24, 2.45) is 0 Å². The van der Waals surface area contributed by atoms with Crippen molar-refractivity contribution in [2.75, 3.05) is 18.2 Å². The van der Waals surface area contributed by atoms with E-state index in [9.17, 15) is 10.1 Å². The van der Waals surface area contributed by atoms with Gasteiger partial charge in [-0.25, -0.2) is 0 Å². The fourth-order valence-electron chi connectivity index (χ4n) is 2.80. The highest BCUT2D eigenvalue weighted by Gasteiger charge is 2.21. The van der Waals surface area contributed by atoms with Crippen molar-refractivity contribution < 1.29 is 9.53 Å². The summed E-state index contributed by atoms with van der Waals surface area (Å²) in [4.78, 5) is 12.2. The number of hydrogen-bond donors (Lipinski definition) is 1. The number of anilines is 1. The minimum Gasteiger partial charge on any atom is -0.497 e. The number of carbonyl (C=O) groups is 1. The van der Waals surface area contributed by atoms with E-state index < -0.39 is 0 Å². The van der Waals surface area contributed by atoms with Gasteiger partial charge in [-0.05, 0) is 47.9 Å². The molecule has 0 saturated carbocycles. The predicted molar refractivity (Wildman–Crippen MR) is 108 cm³/mol. The van der Waals surface area contributed by atoms with Crippen LogP contribution >= 0.6 is 11.8 Å². The Balaban J connectivity index is 2.10. The van der Waals surface area contributed by atoms with Crippen LogP contribution in [-0.4, -0.2) is 24.0 Å². The second-order valence-electron chi connectivity index (χ2n) is 5.91. The average molecular weight is 369 g/mol. The van der Waals surface area contributed by atoms with Crippen LogP contribution in [0.25, 0.3) is 0 Å². The number of nitrogens with one attached hydrogen (secondary N) is 1. The second kappa shape index (κ2) is 10.5. The number of nitrogens with zero attached hydrogens (tertiary/aromatic N) is 1. The van der Waals surface area contributed by atoms with Gasteiger partial charge in [-0.3, -0.25) is 4.79 Å². The molecule has 2 unspecified atom stereocenters. The quantitative estimate of drug-likeness (QED) is 0.686. The van der Waals surface area contributed by atoms with Crippen molar-refractivity contribution in [1.29, 1.82) is 5.26 Å². The molecular weight excluding hydrogens is 344 g/mol. The van der Waals surface area contributed by atoms with Gasteiger partial charge in [0.2, 0.25) is 0 Å². The first-order chi connectivity index (χ1) is 12.7. The van der Waals surface area contributed by atoms with Crippen molar-refractivity contribution in [3.63, 3.8) is 0 Å².